The molecule has 1 amide bonds. The van der Waals surface area contributed by atoms with E-state index in [0.717, 1.165) is 28.0 Å². The lowest BCUT2D eigenvalue weighted by Gasteiger charge is -2.16. The molecule has 1 aliphatic rings. The van der Waals surface area contributed by atoms with Crippen molar-refractivity contribution in [2.24, 2.45) is 0 Å². The number of amides is 1. The van der Waals surface area contributed by atoms with Gasteiger partial charge in [0.25, 0.3) is 0 Å². The Hall–Kier alpha value is -1.11. The van der Waals surface area contributed by atoms with Gasteiger partial charge in [-0.15, -0.1) is 10.2 Å². The molecule has 2 aromatic rings. The van der Waals surface area contributed by atoms with E-state index in [1.165, 1.54) is 23.1 Å². The van der Waals surface area contributed by atoms with Crippen LogP contribution in [0.15, 0.2) is 28.6 Å². The van der Waals surface area contributed by atoms with Gasteiger partial charge in [0, 0.05) is 17.3 Å². The minimum atomic E-state index is -0.0713. The number of carbonyl (C=O) groups is 1. The van der Waals surface area contributed by atoms with Gasteiger partial charge in [-0.25, -0.2) is 0 Å². The van der Waals surface area contributed by atoms with Crippen molar-refractivity contribution >= 4 is 46.3 Å². The molecule has 1 atom stereocenters. The normalized spacial score (nSPS) is 18.8. The maximum absolute atomic E-state index is 12.4. The number of thioether (sulfide) groups is 1. The number of aromatic nitrogens is 2. The summed E-state index contributed by atoms with van der Waals surface area (Å²) >= 11 is 8.91. The highest BCUT2D eigenvalue weighted by atomic mass is 35.5. The monoisotopic (exact) mass is 325 g/mol. The molecule has 2 heterocycles. The second-order valence-electron chi connectivity index (χ2n) is 4.45. The van der Waals surface area contributed by atoms with Crippen LogP contribution in [-0.2, 0) is 4.79 Å². The lowest BCUT2D eigenvalue weighted by molar-refractivity contribution is -0.116. The molecule has 0 aliphatic carbocycles. The van der Waals surface area contributed by atoms with Gasteiger partial charge in [-0.2, -0.15) is 0 Å². The summed E-state index contributed by atoms with van der Waals surface area (Å²) in [6.07, 6.45) is 0.824. The maximum Gasteiger partial charge on any atom is 0.240 e. The largest absolute Gasteiger partial charge is 0.311 e. The van der Waals surface area contributed by atoms with Crippen molar-refractivity contribution in [3.8, 4) is 0 Å². The number of benzene rings is 1. The first kappa shape index (κ1) is 13.9. The van der Waals surface area contributed by atoms with E-state index in [9.17, 15) is 4.79 Å². The molecule has 1 saturated heterocycles. The van der Waals surface area contributed by atoms with Crippen molar-refractivity contribution in [3.05, 3.63) is 34.3 Å². The van der Waals surface area contributed by atoms with Gasteiger partial charge in [0.05, 0.1) is 5.25 Å². The number of rotatable bonds is 3. The third kappa shape index (κ3) is 2.82. The van der Waals surface area contributed by atoms with Crippen LogP contribution in [0.2, 0.25) is 5.02 Å². The van der Waals surface area contributed by atoms with Gasteiger partial charge < -0.3 is 4.90 Å². The first-order valence-electron chi connectivity index (χ1n) is 6.17. The van der Waals surface area contributed by atoms with E-state index in [1.54, 1.807) is 12.1 Å². The molecule has 7 heteroatoms. The Morgan fingerprint density at radius 3 is 2.75 bits per heavy atom. The fourth-order valence-electron chi connectivity index (χ4n) is 2.09. The van der Waals surface area contributed by atoms with Gasteiger partial charge in [-0.1, -0.05) is 34.7 Å². The summed E-state index contributed by atoms with van der Waals surface area (Å²) in [4.78, 5) is 14.2. The van der Waals surface area contributed by atoms with Crippen molar-refractivity contribution in [2.75, 3.05) is 11.4 Å². The van der Waals surface area contributed by atoms with Gasteiger partial charge in [0.15, 0.2) is 4.34 Å². The van der Waals surface area contributed by atoms with E-state index in [1.807, 2.05) is 24.0 Å². The third-order valence-corrected chi connectivity index (χ3v) is 5.47. The summed E-state index contributed by atoms with van der Waals surface area (Å²) in [5.41, 5.74) is 0.899. The lowest BCUT2D eigenvalue weighted by atomic mass is 10.3. The molecule has 1 aromatic carbocycles. The maximum atomic E-state index is 12.4. The van der Waals surface area contributed by atoms with Gasteiger partial charge >= 0.3 is 0 Å². The summed E-state index contributed by atoms with van der Waals surface area (Å²) < 4.78 is 0.860. The Labute approximate surface area is 130 Å². The number of aryl methyl sites for hydroxylation is 1. The minimum absolute atomic E-state index is 0.0713. The zero-order valence-corrected chi connectivity index (χ0v) is 13.1. The first-order valence-corrected chi connectivity index (χ1v) is 8.24. The second-order valence-corrected chi connectivity index (χ2v) is 7.52. The van der Waals surface area contributed by atoms with Crippen LogP contribution >= 0.6 is 34.7 Å². The lowest BCUT2D eigenvalue weighted by Crippen LogP contribution is -2.27. The second kappa shape index (κ2) is 5.71. The quantitative estimate of drug-likeness (QED) is 0.867. The molecule has 4 nitrogen and oxygen atoms in total. The number of halogens is 1. The van der Waals surface area contributed by atoms with Crippen molar-refractivity contribution in [1.82, 2.24) is 10.2 Å². The number of carbonyl (C=O) groups excluding carboxylic acids is 1. The van der Waals surface area contributed by atoms with Crippen molar-refractivity contribution in [2.45, 2.75) is 22.9 Å². The van der Waals surface area contributed by atoms with E-state index >= 15 is 0 Å². The smallest absolute Gasteiger partial charge is 0.240 e. The summed E-state index contributed by atoms with van der Waals surface area (Å²) in [6.45, 7) is 2.65. The Morgan fingerprint density at radius 1 is 1.35 bits per heavy atom. The van der Waals surface area contributed by atoms with E-state index in [4.69, 9.17) is 11.6 Å². The fourth-order valence-corrected chi connectivity index (χ4v) is 4.32. The Balaban J connectivity index is 1.72. The number of anilines is 1. The molecule has 0 N–H and O–H groups in total. The van der Waals surface area contributed by atoms with Gasteiger partial charge in [-0.3, -0.25) is 4.79 Å². The molecule has 20 heavy (non-hydrogen) atoms. The molecular formula is C13H12ClN3OS2. The molecule has 1 fully saturated rings. The van der Waals surface area contributed by atoms with Crippen LogP contribution in [0.5, 0.6) is 0 Å². The zero-order valence-electron chi connectivity index (χ0n) is 10.7. The van der Waals surface area contributed by atoms with Gasteiger partial charge in [-0.05, 0) is 37.6 Å². The molecule has 1 aromatic heterocycles. The van der Waals surface area contributed by atoms with Gasteiger partial charge in [0.1, 0.15) is 5.01 Å². The molecule has 0 radical (unpaired) electrons. The Kier molecular flexibility index (Phi) is 3.96. The van der Waals surface area contributed by atoms with Crippen LogP contribution in [0.25, 0.3) is 0 Å². The molecule has 0 saturated carbocycles. The average molecular weight is 326 g/mol. The van der Waals surface area contributed by atoms with Crippen molar-refractivity contribution < 1.29 is 4.79 Å². The Morgan fingerprint density at radius 2 is 2.10 bits per heavy atom. The van der Waals surface area contributed by atoms with Crippen LogP contribution < -0.4 is 4.90 Å². The number of hydrogen-bond acceptors (Lipinski definition) is 5. The van der Waals surface area contributed by atoms with Crippen LogP contribution in [0.3, 0.4) is 0 Å². The molecular weight excluding hydrogens is 314 g/mol. The standard InChI is InChI=1S/C13H12ClN3OS2/c1-8-15-16-13(19-8)20-11-6-7-17(12(11)18)10-4-2-9(14)3-5-10/h2-5,11H,6-7H2,1H3/t11-/m1/s1. The van der Waals surface area contributed by atoms with Crippen LogP contribution in [0.4, 0.5) is 5.69 Å². The summed E-state index contributed by atoms with van der Waals surface area (Å²) in [6, 6.07) is 7.36. The highest BCUT2D eigenvalue weighted by Crippen LogP contribution is 2.34. The summed E-state index contributed by atoms with van der Waals surface area (Å²) in [5, 5.41) is 9.57. The molecule has 3 rings (SSSR count). The van der Waals surface area contributed by atoms with E-state index in [0.29, 0.717) is 5.02 Å². The van der Waals surface area contributed by atoms with Gasteiger partial charge in [0.2, 0.25) is 5.91 Å². The SMILES string of the molecule is Cc1nnc(S[C@@H]2CCN(c3ccc(Cl)cc3)C2=O)s1. The predicted octanol–water partition coefficient (Wildman–Crippen LogP) is 3.40. The van der Waals surface area contributed by atoms with Crippen LogP contribution in [-0.4, -0.2) is 27.9 Å². The van der Waals surface area contributed by atoms with Crippen molar-refractivity contribution in [3.63, 3.8) is 0 Å². The van der Waals surface area contributed by atoms with Crippen molar-refractivity contribution in [1.29, 1.82) is 0 Å². The minimum Gasteiger partial charge on any atom is -0.311 e. The number of hydrogen-bond donors (Lipinski definition) is 0. The summed E-state index contributed by atoms with van der Waals surface area (Å²) in [7, 11) is 0. The van der Waals surface area contributed by atoms with E-state index < -0.39 is 0 Å². The summed E-state index contributed by atoms with van der Waals surface area (Å²) in [5.74, 6) is 0.130. The topological polar surface area (TPSA) is 46.1 Å². The fraction of sp³-hybridized carbons (Fsp3) is 0.308. The van der Waals surface area contributed by atoms with Crippen LogP contribution in [0.1, 0.15) is 11.4 Å². The highest BCUT2D eigenvalue weighted by molar-refractivity contribution is 8.02. The van der Waals surface area contributed by atoms with Crippen LogP contribution in [0, 0.1) is 6.92 Å². The Bertz CT molecular complexity index is 629. The first-order chi connectivity index (χ1) is 9.63. The van der Waals surface area contributed by atoms with E-state index in [2.05, 4.69) is 10.2 Å². The third-order valence-electron chi connectivity index (χ3n) is 3.05. The highest BCUT2D eigenvalue weighted by Gasteiger charge is 2.34. The number of nitrogens with zero attached hydrogens (tertiary/aromatic N) is 3. The molecule has 0 bridgehead atoms. The zero-order chi connectivity index (χ0) is 14.1. The molecule has 0 unspecified atom stereocenters. The molecule has 0 spiro atoms. The predicted molar refractivity (Wildman–Crippen MR) is 82.7 cm³/mol. The molecule has 104 valence electrons. The molecule has 1 aliphatic heterocycles. The van der Waals surface area contributed by atoms with E-state index in [-0.39, 0.29) is 11.2 Å². The average Bonchev–Trinajstić information content (AvgIpc) is 2.99.